The van der Waals surface area contributed by atoms with Gasteiger partial charge in [0.25, 0.3) is 5.91 Å². The van der Waals surface area contributed by atoms with Crippen molar-refractivity contribution in [3.63, 3.8) is 0 Å². The zero-order valence-electron chi connectivity index (χ0n) is 24.9. The molecule has 11 heteroatoms. The number of hydrogen-bond acceptors (Lipinski definition) is 9. The highest BCUT2D eigenvalue weighted by Crippen LogP contribution is 2.40. The number of aromatic nitrogens is 1. The number of alkyl carbamates (subject to hydrolysis) is 1. The standard InChI is InChI=1S/C35H33N3O7S/c39-20-23-12-14-25(15-13-23)30-18-28(22-46-31-11-4-5-16-36-31)44-34(45-30)26-9-6-10-27(17-26)38-32(40)19-29(33(38)41)37-35(42)43-21-24-7-2-1-3-8-24/h1-17,28-30,34,39H,18-22H2,(H,37,42). The Morgan fingerprint density at radius 3 is 2.50 bits per heavy atom. The lowest BCUT2D eigenvalue weighted by atomic mass is 10.0. The van der Waals surface area contributed by atoms with Crippen LogP contribution in [0.5, 0.6) is 0 Å². The Morgan fingerprint density at radius 2 is 1.74 bits per heavy atom. The third-order valence-corrected chi connectivity index (χ3v) is 8.80. The Balaban J connectivity index is 1.16. The topological polar surface area (TPSA) is 127 Å². The summed E-state index contributed by atoms with van der Waals surface area (Å²) in [7, 11) is 0. The molecule has 6 rings (SSSR count). The smallest absolute Gasteiger partial charge is 0.408 e. The first-order valence-corrected chi connectivity index (χ1v) is 15.9. The first kappa shape index (κ1) is 31.4. The van der Waals surface area contributed by atoms with Crippen molar-refractivity contribution in [2.75, 3.05) is 10.7 Å². The summed E-state index contributed by atoms with van der Waals surface area (Å²) in [5, 5.41) is 12.9. The van der Waals surface area contributed by atoms with Gasteiger partial charge in [-0.1, -0.05) is 72.8 Å². The number of imide groups is 1. The lowest BCUT2D eigenvalue weighted by molar-refractivity contribution is -0.245. The van der Waals surface area contributed by atoms with Gasteiger partial charge in [-0.25, -0.2) is 14.7 Å². The summed E-state index contributed by atoms with van der Waals surface area (Å²) >= 11 is 1.59. The van der Waals surface area contributed by atoms with Crippen molar-refractivity contribution in [3.05, 3.63) is 126 Å². The molecule has 3 amide bonds. The van der Waals surface area contributed by atoms with Crippen molar-refractivity contribution in [1.82, 2.24) is 10.3 Å². The number of amides is 3. The van der Waals surface area contributed by atoms with Gasteiger partial charge in [0.2, 0.25) is 5.91 Å². The average molecular weight is 640 g/mol. The van der Waals surface area contributed by atoms with Crippen molar-refractivity contribution in [3.8, 4) is 0 Å². The number of carbonyl (C=O) groups excluding carboxylic acids is 3. The molecule has 3 aromatic carbocycles. The van der Waals surface area contributed by atoms with Gasteiger partial charge < -0.3 is 24.6 Å². The first-order valence-electron chi connectivity index (χ1n) is 15.0. The van der Waals surface area contributed by atoms with E-state index in [0.717, 1.165) is 26.6 Å². The molecule has 46 heavy (non-hydrogen) atoms. The summed E-state index contributed by atoms with van der Waals surface area (Å²) in [6, 6.07) is 28.5. The molecule has 2 N–H and O–H groups in total. The van der Waals surface area contributed by atoms with Gasteiger partial charge in [0.1, 0.15) is 12.6 Å². The van der Waals surface area contributed by atoms with Gasteiger partial charge in [-0.3, -0.25) is 9.59 Å². The van der Waals surface area contributed by atoms with E-state index in [1.807, 2.05) is 78.9 Å². The number of anilines is 1. The van der Waals surface area contributed by atoms with Crippen LogP contribution in [0.15, 0.2) is 108 Å². The number of nitrogens with zero attached hydrogens (tertiary/aromatic N) is 2. The van der Waals surface area contributed by atoms with Gasteiger partial charge in [0.15, 0.2) is 6.29 Å². The predicted octanol–water partition coefficient (Wildman–Crippen LogP) is 5.47. The molecule has 4 aromatic rings. The molecule has 1 aromatic heterocycles. The maximum Gasteiger partial charge on any atom is 0.408 e. The number of pyridine rings is 1. The number of aliphatic hydroxyl groups excluding tert-OH is 1. The average Bonchev–Trinajstić information content (AvgIpc) is 3.38. The fourth-order valence-corrected chi connectivity index (χ4v) is 6.25. The number of nitrogens with one attached hydrogen (secondary N) is 1. The van der Waals surface area contributed by atoms with E-state index < -0.39 is 30.2 Å². The summed E-state index contributed by atoms with van der Waals surface area (Å²) in [6.45, 7) is -0.00449. The molecule has 0 radical (unpaired) electrons. The first-order chi connectivity index (χ1) is 22.5. The lowest BCUT2D eigenvalue weighted by Crippen LogP contribution is -2.42. The highest BCUT2D eigenvalue weighted by molar-refractivity contribution is 7.99. The van der Waals surface area contributed by atoms with Crippen molar-refractivity contribution in [2.45, 2.75) is 55.6 Å². The van der Waals surface area contributed by atoms with Gasteiger partial charge in [0.05, 0.1) is 35.9 Å². The Hall–Kier alpha value is -4.55. The third-order valence-electron chi connectivity index (χ3n) is 7.72. The van der Waals surface area contributed by atoms with Gasteiger partial charge in [0, 0.05) is 23.9 Å². The quantitative estimate of drug-likeness (QED) is 0.172. The van der Waals surface area contributed by atoms with Crippen LogP contribution in [0, 0.1) is 0 Å². The van der Waals surface area contributed by atoms with Crippen LogP contribution in [0.2, 0.25) is 0 Å². The van der Waals surface area contributed by atoms with Gasteiger partial charge in [-0.05, 0) is 41.0 Å². The molecule has 0 saturated carbocycles. The van der Waals surface area contributed by atoms with Crippen molar-refractivity contribution in [1.29, 1.82) is 0 Å². The van der Waals surface area contributed by atoms with Crippen LogP contribution in [-0.4, -0.2) is 45.9 Å². The number of hydrogen-bond donors (Lipinski definition) is 2. The van der Waals surface area contributed by atoms with Gasteiger partial charge >= 0.3 is 6.09 Å². The molecular weight excluding hydrogens is 606 g/mol. The molecule has 236 valence electrons. The van der Waals surface area contributed by atoms with Gasteiger partial charge in [-0.15, -0.1) is 11.8 Å². The summed E-state index contributed by atoms with van der Waals surface area (Å²) in [5.41, 5.74) is 3.56. The van der Waals surface area contributed by atoms with Crippen LogP contribution in [0.25, 0.3) is 0 Å². The number of ether oxygens (including phenoxy) is 3. The lowest BCUT2D eigenvalue weighted by Gasteiger charge is -2.36. The number of carbonyl (C=O) groups is 3. The fourth-order valence-electron chi connectivity index (χ4n) is 5.37. The molecule has 2 aliphatic rings. The summed E-state index contributed by atoms with van der Waals surface area (Å²) in [6.07, 6.45) is 0.131. The minimum atomic E-state index is -1.04. The van der Waals surface area contributed by atoms with Crippen molar-refractivity contribution < 1.29 is 33.7 Å². The van der Waals surface area contributed by atoms with Crippen molar-refractivity contribution >= 4 is 35.4 Å². The Labute approximate surface area is 270 Å². The molecule has 3 heterocycles. The van der Waals surface area contributed by atoms with Crippen LogP contribution in [-0.2, 0) is 37.0 Å². The second-order valence-electron chi connectivity index (χ2n) is 11.0. The largest absolute Gasteiger partial charge is 0.445 e. The van der Waals surface area contributed by atoms with E-state index in [0.29, 0.717) is 23.4 Å². The van der Waals surface area contributed by atoms with Crippen LogP contribution < -0.4 is 10.2 Å². The zero-order valence-corrected chi connectivity index (χ0v) is 25.7. The molecule has 0 bridgehead atoms. The molecule has 0 spiro atoms. The van der Waals surface area contributed by atoms with Crippen molar-refractivity contribution in [2.24, 2.45) is 0 Å². The Kier molecular flexibility index (Phi) is 10.0. The molecule has 0 aliphatic carbocycles. The number of thioether (sulfide) groups is 1. The van der Waals surface area contributed by atoms with E-state index in [1.54, 1.807) is 36.2 Å². The molecule has 4 atom stereocenters. The second-order valence-corrected chi connectivity index (χ2v) is 12.0. The van der Waals surface area contributed by atoms with E-state index in [-0.39, 0.29) is 31.8 Å². The molecule has 2 saturated heterocycles. The molecule has 2 fully saturated rings. The van der Waals surface area contributed by atoms with E-state index in [4.69, 9.17) is 14.2 Å². The van der Waals surface area contributed by atoms with Crippen LogP contribution in [0.4, 0.5) is 10.5 Å². The zero-order chi connectivity index (χ0) is 31.9. The van der Waals surface area contributed by atoms with E-state index in [1.165, 1.54) is 0 Å². The third kappa shape index (κ3) is 7.63. The normalized spacial score (nSPS) is 21.3. The van der Waals surface area contributed by atoms with E-state index in [2.05, 4.69) is 10.3 Å². The Morgan fingerprint density at radius 1 is 0.935 bits per heavy atom. The van der Waals surface area contributed by atoms with E-state index in [9.17, 15) is 19.5 Å². The van der Waals surface area contributed by atoms with Crippen LogP contribution in [0.1, 0.15) is 47.5 Å². The maximum absolute atomic E-state index is 13.3. The molecular formula is C35H33N3O7S. The minimum absolute atomic E-state index is 0.0443. The predicted molar refractivity (Wildman–Crippen MR) is 170 cm³/mol. The number of aliphatic hydroxyl groups is 1. The number of rotatable bonds is 10. The van der Waals surface area contributed by atoms with Gasteiger partial charge in [-0.2, -0.15) is 0 Å². The summed E-state index contributed by atoms with van der Waals surface area (Å²) < 4.78 is 18.1. The summed E-state index contributed by atoms with van der Waals surface area (Å²) in [5.74, 6) is -0.346. The highest BCUT2D eigenvalue weighted by atomic mass is 32.2. The second kappa shape index (κ2) is 14.7. The molecule has 2 aliphatic heterocycles. The summed E-state index contributed by atoms with van der Waals surface area (Å²) in [4.78, 5) is 44.3. The maximum atomic E-state index is 13.3. The SMILES string of the molecule is O=C(NC1CC(=O)N(c2cccc(C3OC(CSc4ccccn4)CC(c4ccc(CO)cc4)O3)c2)C1=O)OCc1ccccc1. The molecule has 10 nitrogen and oxygen atoms in total. The van der Waals surface area contributed by atoms with E-state index >= 15 is 0 Å². The number of benzene rings is 3. The van der Waals surface area contributed by atoms with Crippen LogP contribution in [0.3, 0.4) is 0 Å². The Bertz CT molecular complexity index is 1660. The highest BCUT2D eigenvalue weighted by Gasteiger charge is 2.41. The monoisotopic (exact) mass is 639 g/mol. The van der Waals surface area contributed by atoms with Crippen LogP contribution >= 0.6 is 11.8 Å². The fraction of sp³-hybridized carbons (Fsp3) is 0.257. The molecule has 4 unspecified atom stereocenters. The minimum Gasteiger partial charge on any atom is -0.445 e.